The normalized spacial score (nSPS) is 15.1. The van der Waals surface area contributed by atoms with Gasteiger partial charge in [-0.1, -0.05) is 30.3 Å². The molecule has 2 amide bonds. The first-order chi connectivity index (χ1) is 13.4. The van der Waals surface area contributed by atoms with E-state index < -0.39 is 0 Å². The standard InChI is InChI=1S/C22H27N3O3/c1-15-7-6-9-19(16(15)2)24-22(27)14-25(3)13-21(26)23-12-18-11-17-8-4-5-10-20(17)28-18/h4-10,18H,11-14H2,1-3H3,(H,23,26)(H,24,27). The summed E-state index contributed by atoms with van der Waals surface area (Å²) in [6.45, 7) is 4.74. The summed E-state index contributed by atoms with van der Waals surface area (Å²) in [7, 11) is 1.75. The Kier molecular flexibility index (Phi) is 6.31. The third-order valence-electron chi connectivity index (χ3n) is 4.95. The number of anilines is 1. The van der Waals surface area contributed by atoms with Crippen molar-refractivity contribution >= 4 is 17.5 Å². The molecular weight excluding hydrogens is 354 g/mol. The summed E-state index contributed by atoms with van der Waals surface area (Å²) >= 11 is 0. The number of para-hydroxylation sites is 1. The minimum atomic E-state index is -0.140. The summed E-state index contributed by atoms with van der Waals surface area (Å²) < 4.78 is 5.82. The summed E-state index contributed by atoms with van der Waals surface area (Å²) in [5.74, 6) is 0.627. The highest BCUT2D eigenvalue weighted by Gasteiger charge is 2.22. The number of nitrogens with zero attached hydrogens (tertiary/aromatic N) is 1. The lowest BCUT2D eigenvalue weighted by Gasteiger charge is -2.18. The monoisotopic (exact) mass is 381 g/mol. The van der Waals surface area contributed by atoms with Crippen LogP contribution in [0.2, 0.25) is 0 Å². The molecule has 1 atom stereocenters. The molecule has 3 rings (SSSR count). The van der Waals surface area contributed by atoms with Crippen LogP contribution in [0.15, 0.2) is 42.5 Å². The van der Waals surface area contributed by atoms with Crippen LogP contribution in [0.1, 0.15) is 16.7 Å². The topological polar surface area (TPSA) is 70.7 Å². The lowest BCUT2D eigenvalue weighted by molar-refractivity contribution is -0.123. The smallest absolute Gasteiger partial charge is 0.238 e. The Morgan fingerprint density at radius 2 is 1.82 bits per heavy atom. The molecule has 0 spiro atoms. The molecule has 2 aromatic rings. The Labute approximate surface area is 165 Å². The van der Waals surface area contributed by atoms with E-state index in [1.54, 1.807) is 11.9 Å². The second-order valence-corrected chi connectivity index (χ2v) is 7.32. The van der Waals surface area contributed by atoms with Crippen molar-refractivity contribution in [2.24, 2.45) is 0 Å². The fraction of sp³-hybridized carbons (Fsp3) is 0.364. The van der Waals surface area contributed by atoms with Gasteiger partial charge in [0.05, 0.1) is 19.6 Å². The fourth-order valence-corrected chi connectivity index (χ4v) is 3.27. The average Bonchev–Trinajstić information content (AvgIpc) is 3.06. The van der Waals surface area contributed by atoms with Crippen LogP contribution in [0.5, 0.6) is 5.75 Å². The van der Waals surface area contributed by atoms with Gasteiger partial charge >= 0.3 is 0 Å². The number of carbonyl (C=O) groups excluding carboxylic acids is 2. The molecule has 1 aliphatic heterocycles. The molecule has 1 aliphatic rings. The number of hydrogen-bond acceptors (Lipinski definition) is 4. The molecule has 0 saturated carbocycles. The third-order valence-corrected chi connectivity index (χ3v) is 4.95. The SMILES string of the molecule is Cc1cccc(NC(=O)CN(C)CC(=O)NCC2Cc3ccccc3O2)c1C. The van der Waals surface area contributed by atoms with Crippen LogP contribution >= 0.6 is 0 Å². The van der Waals surface area contributed by atoms with Gasteiger partial charge in [0.2, 0.25) is 11.8 Å². The van der Waals surface area contributed by atoms with Crippen molar-refractivity contribution in [2.45, 2.75) is 26.4 Å². The van der Waals surface area contributed by atoms with Gasteiger partial charge in [0.25, 0.3) is 0 Å². The summed E-state index contributed by atoms with van der Waals surface area (Å²) in [4.78, 5) is 26.1. The summed E-state index contributed by atoms with van der Waals surface area (Å²) in [5.41, 5.74) is 4.15. The van der Waals surface area contributed by atoms with E-state index in [2.05, 4.69) is 10.6 Å². The van der Waals surface area contributed by atoms with Crippen molar-refractivity contribution < 1.29 is 14.3 Å². The minimum Gasteiger partial charge on any atom is -0.488 e. The quantitative estimate of drug-likeness (QED) is 0.772. The predicted octanol–water partition coefficient (Wildman–Crippen LogP) is 2.29. The van der Waals surface area contributed by atoms with E-state index >= 15 is 0 Å². The third kappa shape index (κ3) is 5.10. The highest BCUT2D eigenvalue weighted by molar-refractivity contribution is 5.93. The van der Waals surface area contributed by atoms with Gasteiger partial charge < -0.3 is 15.4 Å². The number of ether oxygens (including phenoxy) is 1. The Morgan fingerprint density at radius 3 is 2.61 bits per heavy atom. The molecular formula is C22H27N3O3. The molecule has 1 unspecified atom stereocenters. The van der Waals surface area contributed by atoms with E-state index in [0.717, 1.165) is 29.0 Å². The largest absolute Gasteiger partial charge is 0.488 e. The van der Waals surface area contributed by atoms with Crippen LogP contribution in [0.25, 0.3) is 0 Å². The van der Waals surface area contributed by atoms with E-state index in [1.165, 1.54) is 5.56 Å². The van der Waals surface area contributed by atoms with Gasteiger partial charge in [0.1, 0.15) is 11.9 Å². The highest BCUT2D eigenvalue weighted by Crippen LogP contribution is 2.27. The highest BCUT2D eigenvalue weighted by atomic mass is 16.5. The number of fused-ring (bicyclic) bond motifs is 1. The number of carbonyl (C=O) groups is 2. The average molecular weight is 381 g/mol. The molecule has 2 N–H and O–H groups in total. The number of hydrogen-bond donors (Lipinski definition) is 2. The minimum absolute atomic E-state index is 0.0424. The Hall–Kier alpha value is -2.86. The van der Waals surface area contributed by atoms with Crippen LogP contribution in [0, 0.1) is 13.8 Å². The lowest BCUT2D eigenvalue weighted by atomic mass is 10.1. The van der Waals surface area contributed by atoms with Gasteiger partial charge in [0, 0.05) is 12.1 Å². The number of likely N-dealkylation sites (N-methyl/N-ethyl adjacent to an activating group) is 1. The van der Waals surface area contributed by atoms with Crippen molar-refractivity contribution in [1.82, 2.24) is 10.2 Å². The van der Waals surface area contributed by atoms with Crippen LogP contribution in [-0.2, 0) is 16.0 Å². The molecule has 6 nitrogen and oxygen atoms in total. The maximum absolute atomic E-state index is 12.3. The second-order valence-electron chi connectivity index (χ2n) is 7.32. The van der Waals surface area contributed by atoms with Gasteiger partial charge in [-0.2, -0.15) is 0 Å². The number of rotatable bonds is 7. The second kappa shape index (κ2) is 8.89. The van der Waals surface area contributed by atoms with Gasteiger partial charge in [0.15, 0.2) is 0 Å². The van der Waals surface area contributed by atoms with E-state index in [4.69, 9.17) is 4.74 Å². The Morgan fingerprint density at radius 1 is 1.07 bits per heavy atom. The molecule has 0 aromatic heterocycles. The van der Waals surface area contributed by atoms with Crippen LogP contribution in [-0.4, -0.2) is 49.5 Å². The molecule has 6 heteroatoms. The van der Waals surface area contributed by atoms with Crippen LogP contribution in [0.4, 0.5) is 5.69 Å². The van der Waals surface area contributed by atoms with E-state index in [0.29, 0.717) is 6.54 Å². The fourth-order valence-electron chi connectivity index (χ4n) is 3.27. The van der Waals surface area contributed by atoms with Crippen molar-refractivity contribution in [3.63, 3.8) is 0 Å². The van der Waals surface area contributed by atoms with Crippen molar-refractivity contribution in [1.29, 1.82) is 0 Å². The first kappa shape index (κ1) is 19.9. The molecule has 148 valence electrons. The molecule has 2 aromatic carbocycles. The number of benzene rings is 2. The van der Waals surface area contributed by atoms with E-state index in [1.807, 2.05) is 56.3 Å². The molecule has 28 heavy (non-hydrogen) atoms. The van der Waals surface area contributed by atoms with Gasteiger partial charge in [-0.3, -0.25) is 14.5 Å². The van der Waals surface area contributed by atoms with Crippen LogP contribution < -0.4 is 15.4 Å². The predicted molar refractivity (Wildman–Crippen MR) is 110 cm³/mol. The number of aryl methyl sites for hydroxylation is 1. The molecule has 1 heterocycles. The van der Waals surface area contributed by atoms with Gasteiger partial charge in [-0.05, 0) is 49.7 Å². The molecule has 0 saturated heterocycles. The number of amides is 2. The van der Waals surface area contributed by atoms with Crippen molar-refractivity contribution in [3.8, 4) is 5.75 Å². The molecule has 0 aliphatic carbocycles. The number of nitrogens with one attached hydrogen (secondary N) is 2. The van der Waals surface area contributed by atoms with Crippen molar-refractivity contribution in [2.75, 3.05) is 32.0 Å². The van der Waals surface area contributed by atoms with E-state index in [9.17, 15) is 9.59 Å². The molecule has 0 radical (unpaired) electrons. The first-order valence-electron chi connectivity index (χ1n) is 9.48. The first-order valence-corrected chi connectivity index (χ1v) is 9.48. The molecule has 0 bridgehead atoms. The summed E-state index contributed by atoms with van der Waals surface area (Å²) in [5, 5.41) is 5.80. The zero-order valence-corrected chi connectivity index (χ0v) is 16.6. The lowest BCUT2D eigenvalue weighted by Crippen LogP contribution is -2.42. The van der Waals surface area contributed by atoms with Gasteiger partial charge in [-0.25, -0.2) is 0 Å². The summed E-state index contributed by atoms with van der Waals surface area (Å²) in [6.07, 6.45) is 0.754. The summed E-state index contributed by atoms with van der Waals surface area (Å²) in [6, 6.07) is 13.7. The Bertz CT molecular complexity index is 841. The zero-order chi connectivity index (χ0) is 20.1. The maximum Gasteiger partial charge on any atom is 0.238 e. The van der Waals surface area contributed by atoms with Crippen molar-refractivity contribution in [3.05, 3.63) is 59.2 Å². The maximum atomic E-state index is 12.3. The Balaban J connectivity index is 1.39. The zero-order valence-electron chi connectivity index (χ0n) is 16.6. The van der Waals surface area contributed by atoms with Crippen LogP contribution in [0.3, 0.4) is 0 Å². The van der Waals surface area contributed by atoms with Gasteiger partial charge in [-0.15, -0.1) is 0 Å². The van der Waals surface area contributed by atoms with E-state index in [-0.39, 0.29) is 31.0 Å². The molecule has 0 fully saturated rings.